The van der Waals surface area contributed by atoms with E-state index in [1.165, 1.54) is 0 Å². The lowest BCUT2D eigenvalue weighted by molar-refractivity contribution is -0.991. The molecule has 3 nitrogen and oxygen atoms in total. The Morgan fingerprint density at radius 3 is 2.12 bits per heavy atom. The van der Waals surface area contributed by atoms with Crippen LogP contribution < -0.4 is 11.5 Å². The average molecular weight is 228 g/mol. The molecule has 96 valence electrons. The molecule has 0 aromatic carbocycles. The zero-order chi connectivity index (χ0) is 12.8. The van der Waals surface area contributed by atoms with Crippen molar-refractivity contribution in [3.8, 4) is 0 Å². The Kier molecular flexibility index (Phi) is 3.46. The van der Waals surface area contributed by atoms with Crippen LogP contribution in [-0.4, -0.2) is 42.2 Å². The maximum Gasteiger partial charge on any atom is 0.0979 e. The van der Waals surface area contributed by atoms with Crippen molar-refractivity contribution in [2.45, 2.75) is 57.7 Å². The van der Waals surface area contributed by atoms with Crippen LogP contribution in [0.3, 0.4) is 0 Å². The molecule has 0 aromatic heterocycles. The molecule has 1 heterocycles. The van der Waals surface area contributed by atoms with Gasteiger partial charge in [0.15, 0.2) is 0 Å². The second-order valence-electron chi connectivity index (χ2n) is 6.97. The predicted octanol–water partition coefficient (Wildman–Crippen LogP) is 1.32. The maximum absolute atomic E-state index is 6.37. The van der Waals surface area contributed by atoms with E-state index >= 15 is 0 Å². The minimum absolute atomic E-state index is 0.181. The first-order valence-electron chi connectivity index (χ1n) is 6.38. The Labute approximate surface area is 101 Å². The van der Waals surface area contributed by atoms with Crippen LogP contribution in [0, 0.1) is 5.92 Å². The molecule has 1 fully saturated rings. The lowest BCUT2D eigenvalue weighted by Gasteiger charge is -2.62. The first kappa shape index (κ1) is 13.9. The minimum atomic E-state index is 0.181. The first-order chi connectivity index (χ1) is 7.08. The number of rotatable bonds is 2. The number of nitrogens with zero attached hydrogens (tertiary/aromatic N) is 1. The van der Waals surface area contributed by atoms with Crippen molar-refractivity contribution in [2.24, 2.45) is 17.4 Å². The van der Waals surface area contributed by atoms with Crippen molar-refractivity contribution in [3.63, 3.8) is 0 Å². The Hall–Kier alpha value is -0.120. The topological polar surface area (TPSA) is 52.0 Å². The third-order valence-corrected chi connectivity index (χ3v) is 5.59. The van der Waals surface area contributed by atoms with E-state index in [9.17, 15) is 0 Å². The second-order valence-corrected chi connectivity index (χ2v) is 6.97. The minimum Gasteiger partial charge on any atom is -0.330 e. The fourth-order valence-corrected chi connectivity index (χ4v) is 3.41. The van der Waals surface area contributed by atoms with Gasteiger partial charge in [0, 0.05) is 18.4 Å². The molecular weight excluding hydrogens is 198 g/mol. The summed E-state index contributed by atoms with van der Waals surface area (Å²) in [6.45, 7) is 10.1. The summed E-state index contributed by atoms with van der Waals surface area (Å²) in [5.41, 5.74) is 12.5. The molecule has 1 aliphatic rings. The van der Waals surface area contributed by atoms with Crippen molar-refractivity contribution in [2.75, 3.05) is 20.6 Å². The van der Waals surface area contributed by atoms with E-state index in [4.69, 9.17) is 11.5 Å². The molecule has 0 bridgehead atoms. The van der Waals surface area contributed by atoms with Gasteiger partial charge in [-0.2, -0.15) is 0 Å². The summed E-state index contributed by atoms with van der Waals surface area (Å²) in [5, 5.41) is 0. The van der Waals surface area contributed by atoms with Crippen LogP contribution in [0.2, 0.25) is 0 Å². The van der Waals surface area contributed by atoms with Crippen LogP contribution in [-0.2, 0) is 0 Å². The number of hydrogen-bond donors (Lipinski definition) is 2. The molecule has 0 aliphatic carbocycles. The molecule has 0 spiro atoms. The van der Waals surface area contributed by atoms with E-state index in [1.54, 1.807) is 0 Å². The third-order valence-electron chi connectivity index (χ3n) is 5.59. The zero-order valence-electron chi connectivity index (χ0n) is 11.9. The van der Waals surface area contributed by atoms with Crippen LogP contribution in [0.5, 0.6) is 0 Å². The molecule has 2 atom stereocenters. The van der Waals surface area contributed by atoms with Gasteiger partial charge in [-0.1, -0.05) is 0 Å². The van der Waals surface area contributed by atoms with E-state index in [2.05, 4.69) is 41.8 Å². The molecule has 0 aromatic rings. The van der Waals surface area contributed by atoms with Crippen LogP contribution in [0.1, 0.15) is 40.5 Å². The molecule has 16 heavy (non-hydrogen) atoms. The SMILES string of the molecule is CC1(C)CC(N)C(CCN)C(C)(C)[N+]1(C)C. The van der Waals surface area contributed by atoms with Gasteiger partial charge in [-0.15, -0.1) is 0 Å². The number of nitrogens with two attached hydrogens (primary N) is 2. The zero-order valence-corrected chi connectivity index (χ0v) is 11.9. The van der Waals surface area contributed by atoms with Crippen molar-refractivity contribution < 1.29 is 4.48 Å². The number of hydrogen-bond acceptors (Lipinski definition) is 2. The normalized spacial score (nSPS) is 36.0. The fourth-order valence-electron chi connectivity index (χ4n) is 3.41. The molecule has 0 saturated carbocycles. The van der Waals surface area contributed by atoms with Gasteiger partial charge in [0.1, 0.15) is 0 Å². The lowest BCUT2D eigenvalue weighted by atomic mass is 9.67. The molecular formula is C13H30N3+. The summed E-state index contributed by atoms with van der Waals surface area (Å²) >= 11 is 0. The van der Waals surface area contributed by atoms with E-state index in [0.29, 0.717) is 5.92 Å². The van der Waals surface area contributed by atoms with E-state index in [1.807, 2.05) is 0 Å². The largest absolute Gasteiger partial charge is 0.330 e. The van der Waals surface area contributed by atoms with E-state index in [0.717, 1.165) is 23.9 Å². The molecule has 3 heteroatoms. The molecule has 1 rings (SSSR count). The smallest absolute Gasteiger partial charge is 0.0979 e. The van der Waals surface area contributed by atoms with Gasteiger partial charge >= 0.3 is 0 Å². The van der Waals surface area contributed by atoms with Crippen molar-refractivity contribution >= 4 is 0 Å². The highest BCUT2D eigenvalue weighted by atomic mass is 15.4. The highest BCUT2D eigenvalue weighted by molar-refractivity contribution is 4.97. The van der Waals surface area contributed by atoms with E-state index < -0.39 is 0 Å². The van der Waals surface area contributed by atoms with Gasteiger partial charge in [0.25, 0.3) is 0 Å². The van der Waals surface area contributed by atoms with Crippen molar-refractivity contribution in [1.82, 2.24) is 0 Å². The summed E-state index contributed by atoms with van der Waals surface area (Å²) < 4.78 is 1.01. The predicted molar refractivity (Wildman–Crippen MR) is 70.0 cm³/mol. The second kappa shape index (κ2) is 3.97. The number of piperidine rings is 1. The highest BCUT2D eigenvalue weighted by Gasteiger charge is 2.57. The molecule has 0 radical (unpaired) electrons. The Balaban J connectivity index is 3.11. The quantitative estimate of drug-likeness (QED) is 0.700. The molecule has 2 unspecified atom stereocenters. The Bertz CT molecular complexity index is 256. The number of likely N-dealkylation sites (tertiary alicyclic amines) is 1. The third kappa shape index (κ3) is 1.79. The Morgan fingerprint density at radius 2 is 1.69 bits per heavy atom. The molecule has 1 saturated heterocycles. The van der Waals surface area contributed by atoms with Gasteiger partial charge in [-0.05, 0) is 40.7 Å². The molecule has 4 N–H and O–H groups in total. The fraction of sp³-hybridized carbons (Fsp3) is 1.00. The molecule has 0 amide bonds. The van der Waals surface area contributed by atoms with Gasteiger partial charge in [0.05, 0.1) is 25.2 Å². The Morgan fingerprint density at radius 1 is 1.19 bits per heavy atom. The van der Waals surface area contributed by atoms with Gasteiger partial charge < -0.3 is 16.0 Å². The summed E-state index contributed by atoms with van der Waals surface area (Å²) in [6, 6.07) is 0.278. The van der Waals surface area contributed by atoms with Crippen molar-refractivity contribution in [1.29, 1.82) is 0 Å². The van der Waals surface area contributed by atoms with Gasteiger partial charge in [-0.3, -0.25) is 0 Å². The first-order valence-corrected chi connectivity index (χ1v) is 6.38. The summed E-state index contributed by atoms with van der Waals surface area (Å²) in [5.74, 6) is 0.514. The highest BCUT2D eigenvalue weighted by Crippen LogP contribution is 2.46. The summed E-state index contributed by atoms with van der Waals surface area (Å²) in [4.78, 5) is 0. The maximum atomic E-state index is 6.37. The van der Waals surface area contributed by atoms with Crippen LogP contribution >= 0.6 is 0 Å². The van der Waals surface area contributed by atoms with Crippen LogP contribution in [0.25, 0.3) is 0 Å². The summed E-state index contributed by atoms with van der Waals surface area (Å²) in [7, 11) is 4.66. The van der Waals surface area contributed by atoms with Gasteiger partial charge in [0.2, 0.25) is 0 Å². The van der Waals surface area contributed by atoms with Crippen molar-refractivity contribution in [3.05, 3.63) is 0 Å². The standard InChI is InChI=1S/C13H30N3/c1-12(2)9-11(15)10(7-8-14)13(3,4)16(12,5)6/h10-11H,7-9,14-15H2,1-6H3/q+1. The summed E-state index contributed by atoms with van der Waals surface area (Å²) in [6.07, 6.45) is 2.11. The molecule has 1 aliphatic heterocycles. The van der Waals surface area contributed by atoms with Crippen LogP contribution in [0.4, 0.5) is 0 Å². The monoisotopic (exact) mass is 228 g/mol. The average Bonchev–Trinajstić information content (AvgIpc) is 2.10. The lowest BCUT2D eigenvalue weighted by Crippen LogP contribution is -2.75. The van der Waals surface area contributed by atoms with Gasteiger partial charge in [-0.25, -0.2) is 0 Å². The van der Waals surface area contributed by atoms with Crippen LogP contribution in [0.15, 0.2) is 0 Å². The number of quaternary nitrogens is 1. The van der Waals surface area contributed by atoms with E-state index in [-0.39, 0.29) is 17.1 Å².